The van der Waals surface area contributed by atoms with E-state index in [2.05, 4.69) is 4.98 Å². The van der Waals surface area contributed by atoms with E-state index in [0.29, 0.717) is 43.5 Å². The Bertz CT molecular complexity index is 939. The van der Waals surface area contributed by atoms with Crippen molar-refractivity contribution < 1.29 is 23.0 Å². The summed E-state index contributed by atoms with van der Waals surface area (Å²) in [6, 6.07) is 7.78. The summed E-state index contributed by atoms with van der Waals surface area (Å²) in [7, 11) is -1.42. The van der Waals surface area contributed by atoms with Gasteiger partial charge in [0.25, 0.3) is 0 Å². The number of esters is 1. The Labute approximate surface area is 179 Å². The number of carbonyl (C=O) groups excluding carboxylic acids is 2. The van der Waals surface area contributed by atoms with Crippen molar-refractivity contribution in [3.8, 4) is 11.5 Å². The Morgan fingerprint density at radius 1 is 1.30 bits per heavy atom. The highest BCUT2D eigenvalue weighted by molar-refractivity contribution is 7.84. The van der Waals surface area contributed by atoms with Gasteiger partial charge in [0.15, 0.2) is 0 Å². The smallest absolute Gasteiger partial charge is 0.310 e. The Balaban J connectivity index is 1.60. The third-order valence-electron chi connectivity index (χ3n) is 5.24. The molecule has 3 rings (SSSR count). The van der Waals surface area contributed by atoms with E-state index in [1.807, 2.05) is 31.2 Å². The SMILES string of the molecule is CCOC(=O)[C@@H]1CCCN(C(=O)C[S@@](=O)Cc2nc(-c3ccccc3C)oc2C)C1. The quantitative estimate of drug-likeness (QED) is 0.625. The molecule has 7 nitrogen and oxygen atoms in total. The summed E-state index contributed by atoms with van der Waals surface area (Å²) in [6.07, 6.45) is 1.45. The van der Waals surface area contributed by atoms with Crippen LogP contribution in [0.2, 0.25) is 0 Å². The largest absolute Gasteiger partial charge is 0.466 e. The van der Waals surface area contributed by atoms with Crippen LogP contribution in [0.25, 0.3) is 11.5 Å². The molecule has 8 heteroatoms. The van der Waals surface area contributed by atoms with E-state index in [1.54, 1.807) is 18.7 Å². The maximum Gasteiger partial charge on any atom is 0.310 e. The third kappa shape index (κ3) is 5.36. The van der Waals surface area contributed by atoms with Gasteiger partial charge in [-0.1, -0.05) is 18.2 Å². The Hall–Kier alpha value is -2.48. The van der Waals surface area contributed by atoms with Crippen LogP contribution in [0.5, 0.6) is 0 Å². The first-order valence-electron chi connectivity index (χ1n) is 10.2. The number of amides is 1. The number of hydrogen-bond acceptors (Lipinski definition) is 6. The van der Waals surface area contributed by atoms with Crippen molar-refractivity contribution in [2.24, 2.45) is 5.92 Å². The Kier molecular flexibility index (Phi) is 7.42. The number of piperidine rings is 1. The summed E-state index contributed by atoms with van der Waals surface area (Å²) in [6.45, 7) is 6.77. The number of carbonyl (C=O) groups is 2. The van der Waals surface area contributed by atoms with E-state index in [4.69, 9.17) is 9.15 Å². The van der Waals surface area contributed by atoms with Gasteiger partial charge in [-0.3, -0.25) is 13.8 Å². The summed E-state index contributed by atoms with van der Waals surface area (Å²) in [5, 5.41) is 0. The molecule has 1 saturated heterocycles. The molecule has 0 saturated carbocycles. The van der Waals surface area contributed by atoms with Gasteiger partial charge in [-0.2, -0.15) is 0 Å². The van der Waals surface area contributed by atoms with Crippen molar-refractivity contribution in [2.75, 3.05) is 25.4 Å². The lowest BCUT2D eigenvalue weighted by Gasteiger charge is -2.31. The molecule has 0 radical (unpaired) electrons. The lowest BCUT2D eigenvalue weighted by molar-refractivity contribution is -0.151. The average Bonchev–Trinajstić information content (AvgIpc) is 3.08. The van der Waals surface area contributed by atoms with Crippen LogP contribution in [0.3, 0.4) is 0 Å². The predicted molar refractivity (Wildman–Crippen MR) is 114 cm³/mol. The van der Waals surface area contributed by atoms with Crippen LogP contribution in [-0.4, -0.2) is 51.4 Å². The standard InChI is InChI=1S/C22H28N2O5S/c1-4-28-22(26)17-9-7-11-24(12-17)20(25)14-30(27)13-19-16(3)29-21(23-19)18-10-6-5-8-15(18)2/h5-6,8,10,17H,4,7,9,11-14H2,1-3H3/t17-,30+/m1/s1. The Morgan fingerprint density at radius 2 is 2.07 bits per heavy atom. The van der Waals surface area contributed by atoms with E-state index in [1.165, 1.54) is 0 Å². The van der Waals surface area contributed by atoms with E-state index in [0.717, 1.165) is 17.5 Å². The average molecular weight is 433 g/mol. The van der Waals surface area contributed by atoms with Crippen LogP contribution in [0, 0.1) is 19.8 Å². The summed E-state index contributed by atoms with van der Waals surface area (Å²) in [5.74, 6) is 0.391. The molecule has 1 aromatic heterocycles. The van der Waals surface area contributed by atoms with Crippen LogP contribution in [0.4, 0.5) is 0 Å². The first kappa shape index (κ1) is 22.2. The molecule has 2 heterocycles. The zero-order valence-corrected chi connectivity index (χ0v) is 18.5. The molecule has 0 unspecified atom stereocenters. The minimum atomic E-state index is -1.42. The summed E-state index contributed by atoms with van der Waals surface area (Å²) in [5.41, 5.74) is 2.54. The number of aromatic nitrogens is 1. The molecule has 1 amide bonds. The van der Waals surface area contributed by atoms with Gasteiger partial charge in [-0.25, -0.2) is 4.98 Å². The number of aryl methyl sites for hydroxylation is 2. The van der Waals surface area contributed by atoms with Crippen molar-refractivity contribution in [1.29, 1.82) is 0 Å². The van der Waals surface area contributed by atoms with E-state index in [9.17, 15) is 13.8 Å². The van der Waals surface area contributed by atoms with Gasteiger partial charge in [-0.15, -0.1) is 0 Å². The maximum absolute atomic E-state index is 12.6. The number of ether oxygens (including phenoxy) is 1. The second kappa shape index (κ2) is 10.0. The summed E-state index contributed by atoms with van der Waals surface area (Å²) >= 11 is 0. The number of oxazole rings is 1. The van der Waals surface area contributed by atoms with Crippen LogP contribution < -0.4 is 0 Å². The van der Waals surface area contributed by atoms with Crippen molar-refractivity contribution in [3.05, 3.63) is 41.3 Å². The van der Waals surface area contributed by atoms with Crippen LogP contribution in [0.1, 0.15) is 36.8 Å². The highest BCUT2D eigenvalue weighted by atomic mass is 32.2. The number of likely N-dealkylation sites (tertiary alicyclic amines) is 1. The molecule has 2 aromatic rings. The van der Waals surface area contributed by atoms with E-state index < -0.39 is 10.8 Å². The van der Waals surface area contributed by atoms with Gasteiger partial charge < -0.3 is 14.1 Å². The van der Waals surface area contributed by atoms with Crippen LogP contribution in [0.15, 0.2) is 28.7 Å². The molecule has 1 aliphatic heterocycles. The maximum atomic E-state index is 12.6. The van der Waals surface area contributed by atoms with Crippen molar-refractivity contribution in [1.82, 2.24) is 9.88 Å². The van der Waals surface area contributed by atoms with Crippen molar-refractivity contribution in [3.63, 3.8) is 0 Å². The second-order valence-corrected chi connectivity index (χ2v) is 8.95. The van der Waals surface area contributed by atoms with Crippen LogP contribution >= 0.6 is 0 Å². The molecule has 0 aliphatic carbocycles. The molecule has 0 bridgehead atoms. The molecule has 30 heavy (non-hydrogen) atoms. The predicted octanol–water partition coefficient (Wildman–Crippen LogP) is 3.01. The fourth-order valence-electron chi connectivity index (χ4n) is 3.58. The first-order chi connectivity index (χ1) is 14.4. The molecule has 2 atom stereocenters. The normalized spacial score (nSPS) is 17.6. The zero-order chi connectivity index (χ0) is 21.7. The van der Waals surface area contributed by atoms with Crippen molar-refractivity contribution >= 4 is 22.7 Å². The molecule has 1 aliphatic rings. The lowest BCUT2D eigenvalue weighted by atomic mass is 9.98. The molecular weight excluding hydrogens is 404 g/mol. The minimum absolute atomic E-state index is 0.0957. The molecule has 162 valence electrons. The summed E-state index contributed by atoms with van der Waals surface area (Å²) < 4.78 is 23.5. The zero-order valence-electron chi connectivity index (χ0n) is 17.7. The molecule has 1 fully saturated rings. The fraction of sp³-hybridized carbons (Fsp3) is 0.500. The number of rotatable bonds is 7. The van der Waals surface area contributed by atoms with E-state index in [-0.39, 0.29) is 29.3 Å². The van der Waals surface area contributed by atoms with Gasteiger partial charge >= 0.3 is 5.97 Å². The van der Waals surface area contributed by atoms with Gasteiger partial charge in [0.05, 0.1) is 24.0 Å². The van der Waals surface area contributed by atoms with Gasteiger partial charge in [0.2, 0.25) is 11.8 Å². The monoisotopic (exact) mass is 432 g/mol. The molecule has 0 N–H and O–H groups in total. The molecule has 1 aromatic carbocycles. The fourth-order valence-corrected chi connectivity index (χ4v) is 4.71. The Morgan fingerprint density at radius 3 is 2.80 bits per heavy atom. The third-order valence-corrected chi connectivity index (χ3v) is 6.41. The summed E-state index contributed by atoms with van der Waals surface area (Å²) in [4.78, 5) is 30.7. The first-order valence-corrected chi connectivity index (χ1v) is 11.7. The van der Waals surface area contributed by atoms with Gasteiger partial charge in [0.1, 0.15) is 11.5 Å². The van der Waals surface area contributed by atoms with Gasteiger partial charge in [-0.05, 0) is 45.2 Å². The highest BCUT2D eigenvalue weighted by Crippen LogP contribution is 2.25. The molecule has 0 spiro atoms. The molecular formula is C22H28N2O5S. The van der Waals surface area contributed by atoms with Crippen molar-refractivity contribution in [2.45, 2.75) is 39.4 Å². The van der Waals surface area contributed by atoms with E-state index >= 15 is 0 Å². The topological polar surface area (TPSA) is 89.7 Å². The number of nitrogens with zero attached hydrogens (tertiary/aromatic N) is 2. The number of benzene rings is 1. The van der Waals surface area contributed by atoms with Crippen LogP contribution in [-0.2, 0) is 30.9 Å². The second-order valence-electron chi connectivity index (χ2n) is 7.50. The number of hydrogen-bond donors (Lipinski definition) is 0. The minimum Gasteiger partial charge on any atom is -0.466 e. The lowest BCUT2D eigenvalue weighted by Crippen LogP contribution is -2.44. The van der Waals surface area contributed by atoms with Gasteiger partial charge in [0, 0.05) is 29.5 Å². The highest BCUT2D eigenvalue weighted by Gasteiger charge is 2.30.